The van der Waals surface area contributed by atoms with E-state index in [0.717, 1.165) is 35.1 Å². The van der Waals surface area contributed by atoms with Gasteiger partial charge in [-0.05, 0) is 63.2 Å². The zero-order chi connectivity index (χ0) is 18.4. The number of hydrogen-bond acceptors (Lipinski definition) is 3. The van der Waals surface area contributed by atoms with Gasteiger partial charge in [-0.15, -0.1) is 5.01 Å². The predicted octanol–water partition coefficient (Wildman–Crippen LogP) is 4.17. The zero-order valence-electron chi connectivity index (χ0n) is 17.3. The molecule has 5 atom stereocenters. The molecule has 5 rings (SSSR count). The number of nitrogens with zero attached hydrogens (tertiary/aromatic N) is 4. The van der Waals surface area contributed by atoms with Gasteiger partial charge >= 0.3 is 5.11 Å². The first kappa shape index (κ1) is 18.8. The van der Waals surface area contributed by atoms with Crippen molar-refractivity contribution in [3.63, 3.8) is 0 Å². The smallest absolute Gasteiger partial charge is 0.243 e. The average molecular weight is 392 g/mol. The van der Waals surface area contributed by atoms with Gasteiger partial charge in [-0.25, -0.2) is 10.0 Å². The van der Waals surface area contributed by atoms with Gasteiger partial charge in [0, 0.05) is 31.3 Å². The van der Waals surface area contributed by atoms with Crippen LogP contribution in [0.25, 0.3) is 0 Å². The largest absolute Gasteiger partial charge is 0.307 e. The van der Waals surface area contributed by atoms with E-state index in [1.54, 1.807) is 0 Å². The molecule has 5 heteroatoms. The van der Waals surface area contributed by atoms with Gasteiger partial charge in [-0.2, -0.15) is 4.59 Å². The van der Waals surface area contributed by atoms with Gasteiger partial charge < -0.3 is 0 Å². The van der Waals surface area contributed by atoms with E-state index in [4.69, 9.17) is 12.2 Å². The van der Waals surface area contributed by atoms with Gasteiger partial charge in [0.15, 0.2) is 0 Å². The van der Waals surface area contributed by atoms with Gasteiger partial charge in [-0.1, -0.05) is 25.7 Å². The van der Waals surface area contributed by atoms with Crippen molar-refractivity contribution in [3.05, 3.63) is 0 Å². The number of quaternary nitrogens is 1. The molecule has 0 N–H and O–H groups in total. The molecule has 5 unspecified atom stereocenters. The van der Waals surface area contributed by atoms with E-state index in [1.165, 1.54) is 102 Å². The van der Waals surface area contributed by atoms with Gasteiger partial charge in [-0.3, -0.25) is 0 Å². The lowest BCUT2D eigenvalue weighted by Gasteiger charge is -2.51. The first-order chi connectivity index (χ1) is 13.2. The monoisotopic (exact) mass is 391 g/mol. The number of likely N-dealkylation sites (N-methyl/N-ethyl adjacent to an activating group) is 1. The van der Waals surface area contributed by atoms with Crippen LogP contribution in [0.3, 0.4) is 0 Å². The molecule has 0 aromatic rings. The summed E-state index contributed by atoms with van der Waals surface area (Å²) in [6.45, 7) is 4.79. The molecule has 0 aromatic carbocycles. The summed E-state index contributed by atoms with van der Waals surface area (Å²) >= 11 is 6.24. The minimum Gasteiger partial charge on any atom is -0.243 e. The molecule has 3 saturated heterocycles. The summed E-state index contributed by atoms with van der Waals surface area (Å²) in [5, 5.41) is 9.34. The van der Waals surface area contributed by atoms with Gasteiger partial charge in [0.2, 0.25) is 0 Å². The molecule has 2 aliphatic carbocycles. The Labute approximate surface area is 171 Å². The van der Waals surface area contributed by atoms with E-state index in [9.17, 15) is 0 Å². The molecular formula is C22H39N4S+. The normalized spacial score (nSPS) is 44.2. The zero-order valence-corrected chi connectivity index (χ0v) is 18.1. The van der Waals surface area contributed by atoms with Gasteiger partial charge in [0.05, 0.1) is 19.6 Å². The molecule has 5 fully saturated rings. The molecule has 0 spiro atoms. The third-order valence-electron chi connectivity index (χ3n) is 8.69. The molecule has 0 radical (unpaired) electrons. The standard InChI is InChI=1S/C22H39N4S/c1-26(25-15-7-11-19-9-3-5-13-21(19)25)17-16-24(22(26)27)23-14-6-10-18-8-2-4-12-20(18)23/h18-21H,2-17H2,1H3/q+1. The average Bonchev–Trinajstić information content (AvgIpc) is 3.02. The molecule has 152 valence electrons. The molecular weight excluding hydrogens is 352 g/mol. The Morgan fingerprint density at radius 1 is 0.741 bits per heavy atom. The van der Waals surface area contributed by atoms with Crippen LogP contribution in [0.2, 0.25) is 0 Å². The van der Waals surface area contributed by atoms with Crippen LogP contribution in [-0.2, 0) is 0 Å². The van der Waals surface area contributed by atoms with Gasteiger partial charge in [0.1, 0.15) is 6.54 Å². The molecule has 0 aromatic heterocycles. The molecule has 4 nitrogen and oxygen atoms in total. The number of fused-ring (bicyclic) bond motifs is 2. The fourth-order valence-corrected chi connectivity index (χ4v) is 7.64. The van der Waals surface area contributed by atoms with E-state index in [-0.39, 0.29) is 0 Å². The SMILES string of the molecule is C[N+]1(N2CCCC3CCCCC32)CCN(N2CCCC3CCCCC32)C1=S. The van der Waals surface area contributed by atoms with Crippen LogP contribution >= 0.6 is 12.2 Å². The summed E-state index contributed by atoms with van der Waals surface area (Å²) in [6.07, 6.45) is 17.1. The molecule has 5 aliphatic rings. The molecule has 0 bridgehead atoms. The highest BCUT2D eigenvalue weighted by atomic mass is 32.1. The summed E-state index contributed by atoms with van der Waals surface area (Å²) in [6, 6.07) is 1.54. The third kappa shape index (κ3) is 3.17. The highest BCUT2D eigenvalue weighted by molar-refractivity contribution is 7.79. The highest BCUT2D eigenvalue weighted by Crippen LogP contribution is 2.41. The Kier molecular flexibility index (Phi) is 5.25. The topological polar surface area (TPSA) is 9.72 Å². The second-order valence-corrected chi connectivity index (χ2v) is 10.5. The van der Waals surface area contributed by atoms with Crippen LogP contribution in [0.4, 0.5) is 0 Å². The Hall–Kier alpha value is -0.230. The molecule has 3 heterocycles. The lowest BCUT2D eigenvalue weighted by atomic mass is 9.79. The number of thiocarbonyl (C=S) groups is 1. The second kappa shape index (κ2) is 7.55. The van der Waals surface area contributed by atoms with E-state index in [1.807, 2.05) is 0 Å². The first-order valence-electron chi connectivity index (χ1n) is 11.9. The Morgan fingerprint density at radius 3 is 2.11 bits per heavy atom. The lowest BCUT2D eigenvalue weighted by Crippen LogP contribution is -2.67. The fourth-order valence-electron chi connectivity index (χ4n) is 7.25. The van der Waals surface area contributed by atoms with Crippen molar-refractivity contribution < 1.29 is 4.59 Å². The van der Waals surface area contributed by atoms with E-state index in [2.05, 4.69) is 22.1 Å². The molecule has 2 saturated carbocycles. The minimum atomic E-state index is 0.765. The van der Waals surface area contributed by atoms with E-state index < -0.39 is 0 Å². The highest BCUT2D eigenvalue weighted by Gasteiger charge is 2.53. The Bertz CT molecular complexity index is 565. The summed E-state index contributed by atoms with van der Waals surface area (Å²) in [5.41, 5.74) is 0. The second-order valence-electron chi connectivity index (χ2n) is 10.1. The lowest BCUT2D eigenvalue weighted by molar-refractivity contribution is -0.942. The van der Waals surface area contributed by atoms with E-state index >= 15 is 0 Å². The van der Waals surface area contributed by atoms with Crippen LogP contribution in [-0.4, -0.2) is 70.0 Å². The van der Waals surface area contributed by atoms with Crippen LogP contribution in [0.5, 0.6) is 0 Å². The van der Waals surface area contributed by atoms with Crippen molar-refractivity contribution in [2.45, 2.75) is 89.1 Å². The Balaban J connectivity index is 1.35. The van der Waals surface area contributed by atoms with Crippen LogP contribution < -0.4 is 0 Å². The van der Waals surface area contributed by atoms with Crippen molar-refractivity contribution in [3.8, 4) is 0 Å². The summed E-state index contributed by atoms with van der Waals surface area (Å²) in [5.74, 6) is 1.85. The van der Waals surface area contributed by atoms with Crippen molar-refractivity contribution in [2.75, 3.05) is 33.2 Å². The quantitative estimate of drug-likeness (QED) is 0.516. The molecule has 27 heavy (non-hydrogen) atoms. The maximum absolute atomic E-state index is 6.24. The van der Waals surface area contributed by atoms with Crippen molar-refractivity contribution in [1.29, 1.82) is 0 Å². The maximum Gasteiger partial charge on any atom is 0.307 e. The molecule has 3 aliphatic heterocycles. The van der Waals surface area contributed by atoms with Crippen LogP contribution in [0, 0.1) is 11.8 Å². The van der Waals surface area contributed by atoms with Crippen LogP contribution in [0.15, 0.2) is 0 Å². The number of hydrazine groups is 1. The number of rotatable bonds is 2. The number of hydrogen-bond donors (Lipinski definition) is 0. The molecule has 0 amide bonds. The third-order valence-corrected chi connectivity index (χ3v) is 9.29. The van der Waals surface area contributed by atoms with Crippen molar-refractivity contribution >= 4 is 17.3 Å². The maximum atomic E-state index is 6.24. The van der Waals surface area contributed by atoms with Crippen molar-refractivity contribution in [1.82, 2.24) is 15.0 Å². The van der Waals surface area contributed by atoms with Crippen LogP contribution in [0.1, 0.15) is 77.0 Å². The number of piperidine rings is 2. The van der Waals surface area contributed by atoms with Crippen molar-refractivity contribution in [2.24, 2.45) is 11.8 Å². The summed E-state index contributed by atoms with van der Waals surface area (Å²) < 4.78 is 0.921. The Morgan fingerprint density at radius 2 is 1.33 bits per heavy atom. The minimum absolute atomic E-state index is 0.765. The summed E-state index contributed by atoms with van der Waals surface area (Å²) in [7, 11) is 2.43. The first-order valence-corrected chi connectivity index (χ1v) is 12.3. The summed E-state index contributed by atoms with van der Waals surface area (Å²) in [4.78, 5) is 0. The fraction of sp³-hybridized carbons (Fsp3) is 0.955. The predicted molar refractivity (Wildman–Crippen MR) is 114 cm³/mol. The van der Waals surface area contributed by atoms with E-state index in [0.29, 0.717) is 0 Å². The van der Waals surface area contributed by atoms with Gasteiger partial charge in [0.25, 0.3) is 0 Å².